The third kappa shape index (κ3) is 2.77. The Kier molecular flexibility index (Phi) is 3.50. The van der Waals surface area contributed by atoms with Crippen molar-refractivity contribution in [2.24, 2.45) is 0 Å². The third-order valence-corrected chi connectivity index (χ3v) is 3.32. The van der Waals surface area contributed by atoms with E-state index >= 15 is 0 Å². The van der Waals surface area contributed by atoms with Crippen LogP contribution in [-0.4, -0.2) is 48.0 Å². The van der Waals surface area contributed by atoms with E-state index in [1.807, 2.05) is 5.51 Å². The Labute approximate surface area is 89.4 Å². The molecule has 0 aromatic carbocycles. The molecule has 0 aliphatic carbocycles. The second-order valence-corrected chi connectivity index (χ2v) is 4.63. The second-order valence-electron chi connectivity index (χ2n) is 3.91. The quantitative estimate of drug-likeness (QED) is 0.734. The van der Waals surface area contributed by atoms with Gasteiger partial charge in [-0.1, -0.05) is 0 Å². The Morgan fingerprint density at radius 2 is 2.29 bits per heavy atom. The van der Waals surface area contributed by atoms with Crippen molar-refractivity contribution < 1.29 is 0 Å². The summed E-state index contributed by atoms with van der Waals surface area (Å²) in [6.07, 6.45) is 1.28. The molecule has 0 spiro atoms. The van der Waals surface area contributed by atoms with E-state index in [1.165, 1.54) is 38.3 Å². The molecule has 0 unspecified atom stereocenters. The largest absolute Gasteiger partial charge is 0.305 e. The highest BCUT2D eigenvalue weighted by Crippen LogP contribution is 2.08. The molecular weight excluding hydrogens is 194 g/mol. The first-order valence-corrected chi connectivity index (χ1v) is 6.07. The van der Waals surface area contributed by atoms with Gasteiger partial charge in [-0.25, -0.2) is 4.98 Å². The van der Waals surface area contributed by atoms with Crippen molar-refractivity contribution in [1.29, 1.82) is 0 Å². The van der Waals surface area contributed by atoms with Crippen LogP contribution in [0.5, 0.6) is 0 Å². The van der Waals surface area contributed by atoms with Crippen molar-refractivity contribution in [2.75, 3.05) is 33.2 Å². The van der Waals surface area contributed by atoms with Crippen LogP contribution in [-0.2, 0) is 6.54 Å². The molecule has 1 aliphatic heterocycles. The van der Waals surface area contributed by atoms with Gasteiger partial charge < -0.3 is 4.90 Å². The number of hydrogen-bond donors (Lipinski definition) is 0. The number of hydrogen-bond acceptors (Lipinski definition) is 4. The maximum Gasteiger partial charge on any atom is 0.0795 e. The summed E-state index contributed by atoms with van der Waals surface area (Å²) < 4.78 is 0. The standard InChI is InChI=1S/C10H17N3S/c1-12-3-2-4-13(6-5-12)7-10-8-14-9-11-10/h8-9H,2-7H2,1H3. The first-order chi connectivity index (χ1) is 6.84. The van der Waals surface area contributed by atoms with E-state index in [4.69, 9.17) is 0 Å². The summed E-state index contributed by atoms with van der Waals surface area (Å²) in [5.41, 5.74) is 3.14. The SMILES string of the molecule is CN1CCCN(Cc2cscn2)CC1. The predicted octanol–water partition coefficient (Wildman–Crippen LogP) is 1.28. The molecule has 2 heterocycles. The summed E-state index contributed by atoms with van der Waals surface area (Å²) in [5, 5.41) is 2.15. The van der Waals surface area contributed by atoms with Gasteiger partial charge in [0.05, 0.1) is 11.2 Å². The van der Waals surface area contributed by atoms with Gasteiger partial charge in [0.1, 0.15) is 0 Å². The number of nitrogens with zero attached hydrogens (tertiary/aromatic N) is 3. The fourth-order valence-corrected chi connectivity index (χ4v) is 2.35. The first-order valence-electron chi connectivity index (χ1n) is 5.12. The summed E-state index contributed by atoms with van der Waals surface area (Å²) in [5.74, 6) is 0. The summed E-state index contributed by atoms with van der Waals surface area (Å²) in [4.78, 5) is 9.23. The van der Waals surface area contributed by atoms with Gasteiger partial charge in [0, 0.05) is 25.0 Å². The summed E-state index contributed by atoms with van der Waals surface area (Å²) in [7, 11) is 2.20. The Morgan fingerprint density at radius 1 is 1.36 bits per heavy atom. The van der Waals surface area contributed by atoms with Crippen LogP contribution in [0.4, 0.5) is 0 Å². The van der Waals surface area contributed by atoms with Crippen molar-refractivity contribution in [3.63, 3.8) is 0 Å². The lowest BCUT2D eigenvalue weighted by Crippen LogP contribution is -2.28. The molecule has 1 fully saturated rings. The van der Waals surface area contributed by atoms with Crippen molar-refractivity contribution in [3.05, 3.63) is 16.6 Å². The second kappa shape index (κ2) is 4.87. The van der Waals surface area contributed by atoms with Gasteiger partial charge in [-0.05, 0) is 26.6 Å². The fourth-order valence-electron chi connectivity index (χ4n) is 1.80. The number of thiazole rings is 1. The maximum atomic E-state index is 4.32. The molecule has 1 aromatic rings. The molecule has 1 aromatic heterocycles. The van der Waals surface area contributed by atoms with Crippen molar-refractivity contribution in [2.45, 2.75) is 13.0 Å². The molecule has 0 bridgehead atoms. The molecule has 4 heteroatoms. The molecule has 3 nitrogen and oxygen atoms in total. The molecule has 14 heavy (non-hydrogen) atoms. The highest BCUT2D eigenvalue weighted by Gasteiger charge is 2.12. The lowest BCUT2D eigenvalue weighted by molar-refractivity contribution is 0.267. The van der Waals surface area contributed by atoms with Crippen molar-refractivity contribution in [1.82, 2.24) is 14.8 Å². The highest BCUT2D eigenvalue weighted by molar-refractivity contribution is 7.07. The van der Waals surface area contributed by atoms with Crippen molar-refractivity contribution >= 4 is 11.3 Å². The molecule has 1 saturated heterocycles. The molecule has 0 radical (unpaired) electrons. The van der Waals surface area contributed by atoms with Gasteiger partial charge in [-0.15, -0.1) is 11.3 Å². The molecular formula is C10H17N3S. The van der Waals surface area contributed by atoms with Crippen LogP contribution in [0.2, 0.25) is 0 Å². The first kappa shape index (κ1) is 10.1. The Balaban J connectivity index is 1.86. The molecule has 2 rings (SSSR count). The Morgan fingerprint density at radius 3 is 3.07 bits per heavy atom. The van der Waals surface area contributed by atoms with Gasteiger partial charge in [0.15, 0.2) is 0 Å². The summed E-state index contributed by atoms with van der Waals surface area (Å²) in [6, 6.07) is 0. The van der Waals surface area contributed by atoms with E-state index in [1.54, 1.807) is 11.3 Å². The van der Waals surface area contributed by atoms with Gasteiger partial charge in [0.25, 0.3) is 0 Å². The van der Waals surface area contributed by atoms with E-state index in [2.05, 4.69) is 27.2 Å². The zero-order valence-corrected chi connectivity index (χ0v) is 9.46. The van der Waals surface area contributed by atoms with Gasteiger partial charge in [-0.2, -0.15) is 0 Å². The van der Waals surface area contributed by atoms with Gasteiger partial charge in [-0.3, -0.25) is 4.90 Å². The fraction of sp³-hybridized carbons (Fsp3) is 0.700. The van der Waals surface area contributed by atoms with Crippen LogP contribution in [0.3, 0.4) is 0 Å². The third-order valence-electron chi connectivity index (χ3n) is 2.68. The Hall–Kier alpha value is -0.450. The zero-order valence-electron chi connectivity index (χ0n) is 8.65. The monoisotopic (exact) mass is 211 g/mol. The Bertz CT molecular complexity index is 260. The van der Waals surface area contributed by atoms with Crippen LogP contribution in [0.15, 0.2) is 10.9 Å². The van der Waals surface area contributed by atoms with Crippen LogP contribution in [0.25, 0.3) is 0 Å². The minimum Gasteiger partial charge on any atom is -0.305 e. The number of likely N-dealkylation sites (N-methyl/N-ethyl adjacent to an activating group) is 1. The average Bonchev–Trinajstić information content (AvgIpc) is 2.58. The summed E-state index contributed by atoms with van der Waals surface area (Å²) >= 11 is 1.69. The maximum absolute atomic E-state index is 4.32. The minimum atomic E-state index is 1.03. The van der Waals surface area contributed by atoms with Gasteiger partial charge in [0.2, 0.25) is 0 Å². The van der Waals surface area contributed by atoms with E-state index < -0.39 is 0 Å². The number of aromatic nitrogens is 1. The van der Waals surface area contributed by atoms with E-state index in [0.717, 1.165) is 6.54 Å². The van der Waals surface area contributed by atoms with Crippen LogP contribution in [0.1, 0.15) is 12.1 Å². The number of rotatable bonds is 2. The molecule has 0 saturated carbocycles. The zero-order chi connectivity index (χ0) is 9.80. The molecule has 1 aliphatic rings. The van der Waals surface area contributed by atoms with E-state index in [0.29, 0.717) is 0 Å². The smallest absolute Gasteiger partial charge is 0.0795 e. The molecule has 0 atom stereocenters. The minimum absolute atomic E-state index is 1.03. The lowest BCUT2D eigenvalue weighted by Gasteiger charge is -2.18. The van der Waals surface area contributed by atoms with Crippen LogP contribution >= 0.6 is 11.3 Å². The van der Waals surface area contributed by atoms with Gasteiger partial charge >= 0.3 is 0 Å². The van der Waals surface area contributed by atoms with Crippen LogP contribution in [0, 0.1) is 0 Å². The molecule has 0 N–H and O–H groups in total. The molecule has 78 valence electrons. The normalized spacial score (nSPS) is 20.9. The van der Waals surface area contributed by atoms with E-state index in [-0.39, 0.29) is 0 Å². The highest BCUT2D eigenvalue weighted by atomic mass is 32.1. The van der Waals surface area contributed by atoms with Crippen LogP contribution < -0.4 is 0 Å². The summed E-state index contributed by atoms with van der Waals surface area (Å²) in [6.45, 7) is 5.82. The van der Waals surface area contributed by atoms with E-state index in [9.17, 15) is 0 Å². The topological polar surface area (TPSA) is 19.4 Å². The lowest BCUT2D eigenvalue weighted by atomic mass is 10.3. The average molecular weight is 211 g/mol. The molecule has 0 amide bonds. The predicted molar refractivity (Wildman–Crippen MR) is 59.5 cm³/mol. The van der Waals surface area contributed by atoms with Crippen molar-refractivity contribution in [3.8, 4) is 0 Å².